The Labute approximate surface area is 152 Å². The lowest BCUT2D eigenvalue weighted by molar-refractivity contribution is -0.116. The van der Waals surface area contributed by atoms with Gasteiger partial charge in [-0.1, -0.05) is 6.07 Å². The average Bonchev–Trinajstić information content (AvgIpc) is 2.62. The van der Waals surface area contributed by atoms with Gasteiger partial charge in [-0.05, 0) is 62.2 Å². The van der Waals surface area contributed by atoms with Crippen molar-refractivity contribution in [3.63, 3.8) is 0 Å². The molecule has 0 bridgehead atoms. The molecule has 2 rings (SSSR count). The first-order valence-electron chi connectivity index (χ1n) is 8.55. The Kier molecular flexibility index (Phi) is 7.02. The minimum Gasteiger partial charge on any atom is -0.490 e. The Hall–Kier alpha value is -3.02. The molecular formula is C20H23NO5. The number of anilines is 1. The van der Waals surface area contributed by atoms with Crippen LogP contribution >= 0.6 is 0 Å². The van der Waals surface area contributed by atoms with Crippen LogP contribution in [0.25, 0.3) is 0 Å². The normalized spacial score (nSPS) is 10.2. The van der Waals surface area contributed by atoms with Gasteiger partial charge in [0.15, 0.2) is 11.5 Å². The maximum atomic E-state index is 12.1. The van der Waals surface area contributed by atoms with Crippen molar-refractivity contribution in [3.8, 4) is 11.5 Å². The molecule has 0 fully saturated rings. The smallest absolute Gasteiger partial charge is 0.335 e. The van der Waals surface area contributed by atoms with Gasteiger partial charge in [-0.25, -0.2) is 4.79 Å². The van der Waals surface area contributed by atoms with Crippen LogP contribution in [-0.4, -0.2) is 30.2 Å². The summed E-state index contributed by atoms with van der Waals surface area (Å²) in [6, 6.07) is 11.7. The summed E-state index contributed by atoms with van der Waals surface area (Å²) in [6.07, 6.45) is 0.867. The monoisotopic (exact) mass is 357 g/mol. The first-order chi connectivity index (χ1) is 12.5. The first kappa shape index (κ1) is 19.3. The van der Waals surface area contributed by atoms with Crippen molar-refractivity contribution < 1.29 is 24.2 Å². The van der Waals surface area contributed by atoms with Gasteiger partial charge in [-0.2, -0.15) is 0 Å². The predicted octanol–water partition coefficient (Wildman–Crippen LogP) is 3.75. The fraction of sp³-hybridized carbons (Fsp3) is 0.300. The minimum atomic E-state index is -0.997. The van der Waals surface area contributed by atoms with Crippen molar-refractivity contribution >= 4 is 17.6 Å². The number of carbonyl (C=O) groups is 2. The van der Waals surface area contributed by atoms with Gasteiger partial charge in [0.25, 0.3) is 0 Å². The van der Waals surface area contributed by atoms with Crippen LogP contribution in [0.3, 0.4) is 0 Å². The number of ether oxygens (including phenoxy) is 2. The van der Waals surface area contributed by atoms with Crippen LogP contribution in [0.1, 0.15) is 36.2 Å². The molecule has 26 heavy (non-hydrogen) atoms. The van der Waals surface area contributed by atoms with Crippen LogP contribution in [0.5, 0.6) is 11.5 Å². The number of nitrogens with one attached hydrogen (secondary N) is 1. The number of carbonyl (C=O) groups excluding carboxylic acids is 1. The second-order valence-corrected chi connectivity index (χ2v) is 5.58. The molecule has 0 aliphatic heterocycles. The molecule has 0 heterocycles. The van der Waals surface area contributed by atoms with Crippen LogP contribution < -0.4 is 14.8 Å². The lowest BCUT2D eigenvalue weighted by Gasteiger charge is -2.12. The summed E-state index contributed by atoms with van der Waals surface area (Å²) >= 11 is 0. The second kappa shape index (κ2) is 9.46. The van der Waals surface area contributed by atoms with E-state index in [9.17, 15) is 9.59 Å². The van der Waals surface area contributed by atoms with Crippen molar-refractivity contribution in [2.24, 2.45) is 0 Å². The lowest BCUT2D eigenvalue weighted by Crippen LogP contribution is -2.12. The average molecular weight is 357 g/mol. The molecule has 0 spiro atoms. The van der Waals surface area contributed by atoms with Crippen molar-refractivity contribution in [2.75, 3.05) is 18.5 Å². The number of aryl methyl sites for hydroxylation is 1. The molecule has 0 unspecified atom stereocenters. The van der Waals surface area contributed by atoms with Gasteiger partial charge in [0, 0.05) is 12.1 Å². The fourth-order valence-electron chi connectivity index (χ4n) is 2.43. The number of amides is 1. The maximum Gasteiger partial charge on any atom is 0.335 e. The predicted molar refractivity (Wildman–Crippen MR) is 99.1 cm³/mol. The van der Waals surface area contributed by atoms with Crippen molar-refractivity contribution in [1.29, 1.82) is 0 Å². The summed E-state index contributed by atoms with van der Waals surface area (Å²) in [7, 11) is 0. The molecule has 0 aliphatic carbocycles. The summed E-state index contributed by atoms with van der Waals surface area (Å²) < 4.78 is 11.1. The third-order valence-electron chi connectivity index (χ3n) is 3.66. The second-order valence-electron chi connectivity index (χ2n) is 5.58. The molecule has 0 saturated heterocycles. The van der Waals surface area contributed by atoms with Crippen LogP contribution in [0.4, 0.5) is 5.69 Å². The van der Waals surface area contributed by atoms with E-state index in [0.717, 1.165) is 5.56 Å². The molecule has 2 N–H and O–H groups in total. The number of benzene rings is 2. The molecule has 0 aromatic heterocycles. The third-order valence-corrected chi connectivity index (χ3v) is 3.66. The Bertz CT molecular complexity index is 755. The van der Waals surface area contributed by atoms with Crippen LogP contribution in [0, 0.1) is 0 Å². The molecule has 2 aromatic rings. The molecule has 6 heteroatoms. The molecule has 0 radical (unpaired) electrons. The Morgan fingerprint density at radius 3 is 2.23 bits per heavy atom. The Morgan fingerprint density at radius 2 is 1.62 bits per heavy atom. The first-order valence-corrected chi connectivity index (χ1v) is 8.55. The largest absolute Gasteiger partial charge is 0.490 e. The number of aromatic carboxylic acids is 1. The highest BCUT2D eigenvalue weighted by molar-refractivity contribution is 5.92. The van der Waals surface area contributed by atoms with E-state index in [1.165, 1.54) is 12.1 Å². The highest BCUT2D eigenvalue weighted by Gasteiger charge is 2.09. The molecule has 0 atom stereocenters. The Balaban J connectivity index is 1.93. The van der Waals surface area contributed by atoms with Gasteiger partial charge < -0.3 is 19.9 Å². The Morgan fingerprint density at radius 1 is 0.962 bits per heavy atom. The van der Waals surface area contributed by atoms with Gasteiger partial charge in [0.05, 0.1) is 18.8 Å². The van der Waals surface area contributed by atoms with E-state index in [1.807, 2.05) is 32.0 Å². The number of carboxylic acid groups (broad SMARTS) is 1. The van der Waals surface area contributed by atoms with Crippen molar-refractivity contribution in [3.05, 3.63) is 53.6 Å². The zero-order valence-electron chi connectivity index (χ0n) is 15.0. The molecule has 1 amide bonds. The standard InChI is InChI=1S/C20H23NO5/c1-3-25-17-11-5-14(13-18(17)26-4-2)6-12-19(22)21-16-9-7-15(8-10-16)20(23)24/h5,7-11,13H,3-4,6,12H2,1-2H3,(H,21,22)(H,23,24). The van der Waals surface area contributed by atoms with E-state index in [-0.39, 0.29) is 11.5 Å². The van der Waals surface area contributed by atoms with E-state index >= 15 is 0 Å². The topological polar surface area (TPSA) is 84.9 Å². The van der Waals surface area contributed by atoms with E-state index in [4.69, 9.17) is 14.6 Å². The highest BCUT2D eigenvalue weighted by Crippen LogP contribution is 2.29. The lowest BCUT2D eigenvalue weighted by atomic mass is 10.1. The van der Waals surface area contributed by atoms with E-state index in [1.54, 1.807) is 12.1 Å². The van der Waals surface area contributed by atoms with Gasteiger partial charge in [0.1, 0.15) is 0 Å². The van der Waals surface area contributed by atoms with Crippen LogP contribution in [0.2, 0.25) is 0 Å². The van der Waals surface area contributed by atoms with E-state index in [2.05, 4.69) is 5.32 Å². The minimum absolute atomic E-state index is 0.139. The number of hydrogen-bond acceptors (Lipinski definition) is 4. The van der Waals surface area contributed by atoms with Crippen molar-refractivity contribution in [2.45, 2.75) is 26.7 Å². The maximum absolute atomic E-state index is 12.1. The summed E-state index contributed by atoms with van der Waals surface area (Å²) in [4.78, 5) is 22.9. The summed E-state index contributed by atoms with van der Waals surface area (Å²) in [5.41, 5.74) is 1.73. The number of carboxylic acids is 1. The van der Waals surface area contributed by atoms with Crippen molar-refractivity contribution in [1.82, 2.24) is 0 Å². The summed E-state index contributed by atoms with van der Waals surface area (Å²) in [5.74, 6) is 0.237. The molecule has 6 nitrogen and oxygen atoms in total. The zero-order chi connectivity index (χ0) is 18.9. The zero-order valence-corrected chi connectivity index (χ0v) is 15.0. The molecule has 138 valence electrons. The van der Waals surface area contributed by atoms with Gasteiger partial charge >= 0.3 is 5.97 Å². The van der Waals surface area contributed by atoms with Crippen LogP contribution in [-0.2, 0) is 11.2 Å². The molecule has 0 saturated carbocycles. The summed E-state index contributed by atoms with van der Waals surface area (Å²) in [6.45, 7) is 4.92. The number of hydrogen-bond donors (Lipinski definition) is 2. The molecule has 0 aliphatic rings. The fourth-order valence-corrected chi connectivity index (χ4v) is 2.43. The SMILES string of the molecule is CCOc1ccc(CCC(=O)Nc2ccc(C(=O)O)cc2)cc1OCC. The van der Waals surface area contributed by atoms with E-state index < -0.39 is 5.97 Å². The number of rotatable bonds is 9. The molecule has 2 aromatic carbocycles. The van der Waals surface area contributed by atoms with Crippen LogP contribution in [0.15, 0.2) is 42.5 Å². The quantitative estimate of drug-likeness (QED) is 0.714. The van der Waals surface area contributed by atoms with Gasteiger partial charge in [-0.15, -0.1) is 0 Å². The van der Waals surface area contributed by atoms with Gasteiger partial charge in [0.2, 0.25) is 5.91 Å². The van der Waals surface area contributed by atoms with Gasteiger partial charge in [-0.3, -0.25) is 4.79 Å². The highest BCUT2D eigenvalue weighted by atomic mass is 16.5. The molecular weight excluding hydrogens is 334 g/mol. The third kappa shape index (κ3) is 5.51. The van der Waals surface area contributed by atoms with E-state index in [0.29, 0.717) is 43.2 Å². The summed E-state index contributed by atoms with van der Waals surface area (Å²) in [5, 5.41) is 11.6.